The fourth-order valence-electron chi connectivity index (χ4n) is 5.65. The highest BCUT2D eigenvalue weighted by atomic mass is 16.5. The van der Waals surface area contributed by atoms with Crippen molar-refractivity contribution in [2.75, 3.05) is 12.0 Å². The van der Waals surface area contributed by atoms with E-state index in [9.17, 15) is 10.1 Å². The van der Waals surface area contributed by atoms with Gasteiger partial charge in [-0.3, -0.25) is 4.90 Å². The molecule has 1 aliphatic carbocycles. The Morgan fingerprint density at radius 1 is 1.18 bits per heavy atom. The standard InChI is InChI=1S/C27H30N4O2/c1-18-11-12-22-23(30(18)27(32)33-2)13-14-24-26(22)29-25(16-19-7-4-3-5-8-19)31(24)21-10-6-9-20(15-21)17-28/h3-5,7-8,13-14,18,20-21H,6,9-12,15-16H2,1-2H3/t18-,20+,21-/m0/s1. The molecule has 1 amide bonds. The molecule has 2 aromatic carbocycles. The number of aryl methyl sites for hydroxylation is 1. The van der Waals surface area contributed by atoms with Crippen molar-refractivity contribution >= 4 is 22.8 Å². The van der Waals surface area contributed by atoms with Gasteiger partial charge in [-0.2, -0.15) is 5.26 Å². The van der Waals surface area contributed by atoms with Crippen molar-refractivity contribution in [2.45, 2.75) is 64.0 Å². The Hall–Kier alpha value is -3.33. The molecule has 6 nitrogen and oxygen atoms in total. The minimum atomic E-state index is -0.323. The predicted molar refractivity (Wildman–Crippen MR) is 128 cm³/mol. The van der Waals surface area contributed by atoms with E-state index in [0.29, 0.717) is 0 Å². The molecule has 1 aliphatic heterocycles. The third kappa shape index (κ3) is 3.86. The molecule has 2 heterocycles. The van der Waals surface area contributed by atoms with Crippen molar-refractivity contribution in [3.8, 4) is 6.07 Å². The molecule has 0 spiro atoms. The number of anilines is 1. The number of methoxy groups -OCH3 is 1. The van der Waals surface area contributed by atoms with Gasteiger partial charge in [-0.1, -0.05) is 36.8 Å². The highest BCUT2D eigenvalue weighted by Crippen LogP contribution is 2.40. The molecule has 3 atom stereocenters. The zero-order valence-corrected chi connectivity index (χ0v) is 19.3. The van der Waals surface area contributed by atoms with Gasteiger partial charge in [-0.25, -0.2) is 9.78 Å². The zero-order valence-electron chi connectivity index (χ0n) is 19.3. The quantitative estimate of drug-likeness (QED) is 0.515. The topological polar surface area (TPSA) is 71.2 Å². The summed E-state index contributed by atoms with van der Waals surface area (Å²) >= 11 is 0. The summed E-state index contributed by atoms with van der Waals surface area (Å²) in [4.78, 5) is 19.5. The van der Waals surface area contributed by atoms with Crippen molar-refractivity contribution < 1.29 is 9.53 Å². The number of nitrogens with zero attached hydrogens (tertiary/aromatic N) is 4. The maximum atomic E-state index is 12.6. The number of fused-ring (bicyclic) bond motifs is 3. The molecule has 6 heteroatoms. The Balaban J connectivity index is 1.66. The SMILES string of the molecule is COC(=O)N1c2ccc3c(nc(Cc4ccccc4)n3[C@H]3CCC[C@@H](C#N)C3)c2CC[C@@H]1C. The summed E-state index contributed by atoms with van der Waals surface area (Å²) < 4.78 is 7.48. The molecule has 1 aromatic heterocycles. The predicted octanol–water partition coefficient (Wildman–Crippen LogP) is 5.79. The molecule has 0 saturated heterocycles. The molecule has 3 aromatic rings. The van der Waals surface area contributed by atoms with E-state index in [4.69, 9.17) is 9.72 Å². The number of benzene rings is 2. The van der Waals surface area contributed by atoms with Gasteiger partial charge in [0.25, 0.3) is 0 Å². The Labute approximate surface area is 194 Å². The van der Waals surface area contributed by atoms with Gasteiger partial charge in [0.2, 0.25) is 0 Å². The number of amides is 1. The van der Waals surface area contributed by atoms with E-state index in [0.717, 1.165) is 73.1 Å². The fourth-order valence-corrected chi connectivity index (χ4v) is 5.65. The fraction of sp³-hybridized carbons (Fsp3) is 0.444. The van der Waals surface area contributed by atoms with Gasteiger partial charge < -0.3 is 9.30 Å². The molecule has 5 rings (SSSR count). The molecule has 0 unspecified atom stereocenters. The Kier molecular flexibility index (Phi) is 5.80. The second-order valence-corrected chi connectivity index (χ2v) is 9.37. The van der Waals surface area contributed by atoms with E-state index in [2.05, 4.69) is 54.0 Å². The number of aromatic nitrogens is 2. The molecule has 170 valence electrons. The van der Waals surface area contributed by atoms with Gasteiger partial charge in [0.15, 0.2) is 0 Å². The van der Waals surface area contributed by atoms with Crippen LogP contribution in [0.5, 0.6) is 0 Å². The van der Waals surface area contributed by atoms with Crippen LogP contribution in [0.3, 0.4) is 0 Å². The van der Waals surface area contributed by atoms with Gasteiger partial charge in [-0.15, -0.1) is 0 Å². The van der Waals surface area contributed by atoms with Crippen molar-refractivity contribution in [2.24, 2.45) is 5.92 Å². The van der Waals surface area contributed by atoms with E-state index in [-0.39, 0.29) is 24.1 Å². The summed E-state index contributed by atoms with van der Waals surface area (Å²) in [6.45, 7) is 2.06. The largest absolute Gasteiger partial charge is 0.452 e. The molecule has 2 aliphatic rings. The number of hydrogen-bond acceptors (Lipinski definition) is 4. The first-order chi connectivity index (χ1) is 16.1. The first-order valence-electron chi connectivity index (χ1n) is 11.9. The van der Waals surface area contributed by atoms with Crippen LogP contribution in [0.2, 0.25) is 0 Å². The summed E-state index contributed by atoms with van der Waals surface area (Å²) in [5.41, 5.74) is 5.35. The van der Waals surface area contributed by atoms with Gasteiger partial charge in [0.05, 0.1) is 29.9 Å². The van der Waals surface area contributed by atoms with Crippen LogP contribution in [0.1, 0.15) is 62.0 Å². The molecule has 33 heavy (non-hydrogen) atoms. The highest BCUT2D eigenvalue weighted by Gasteiger charge is 2.33. The number of carbonyl (C=O) groups is 1. The maximum absolute atomic E-state index is 12.6. The van der Waals surface area contributed by atoms with Crippen LogP contribution in [0.15, 0.2) is 42.5 Å². The summed E-state index contributed by atoms with van der Waals surface area (Å²) in [6, 6.07) is 17.5. The van der Waals surface area contributed by atoms with Crippen LogP contribution in [0, 0.1) is 17.2 Å². The van der Waals surface area contributed by atoms with Crippen LogP contribution >= 0.6 is 0 Å². The second-order valence-electron chi connectivity index (χ2n) is 9.37. The van der Waals surface area contributed by atoms with Crippen LogP contribution in [-0.4, -0.2) is 28.8 Å². The van der Waals surface area contributed by atoms with Crippen molar-refractivity contribution in [1.29, 1.82) is 5.26 Å². The van der Waals surface area contributed by atoms with E-state index < -0.39 is 0 Å². The lowest BCUT2D eigenvalue weighted by Crippen LogP contribution is -2.42. The molecule has 1 saturated carbocycles. The number of hydrogen-bond donors (Lipinski definition) is 0. The van der Waals surface area contributed by atoms with Gasteiger partial charge in [0.1, 0.15) is 5.82 Å². The number of nitriles is 1. The van der Waals surface area contributed by atoms with Crippen molar-refractivity contribution in [3.05, 3.63) is 59.4 Å². The lowest BCUT2D eigenvalue weighted by Gasteiger charge is -2.34. The molecule has 0 N–H and O–H groups in total. The summed E-state index contributed by atoms with van der Waals surface area (Å²) in [5, 5.41) is 9.59. The van der Waals surface area contributed by atoms with Crippen LogP contribution in [0.4, 0.5) is 10.5 Å². The van der Waals surface area contributed by atoms with Crippen LogP contribution in [-0.2, 0) is 17.6 Å². The molecular weight excluding hydrogens is 412 g/mol. The van der Waals surface area contributed by atoms with E-state index in [1.54, 1.807) is 4.90 Å². The third-order valence-electron chi connectivity index (χ3n) is 7.30. The molecule has 0 radical (unpaired) electrons. The Morgan fingerprint density at radius 2 is 2.00 bits per heavy atom. The van der Waals surface area contributed by atoms with Crippen LogP contribution in [0.25, 0.3) is 11.0 Å². The third-order valence-corrected chi connectivity index (χ3v) is 7.30. The first kappa shape index (κ1) is 21.5. The smallest absolute Gasteiger partial charge is 0.414 e. The number of rotatable bonds is 3. The molecular formula is C27H30N4O2. The van der Waals surface area contributed by atoms with Gasteiger partial charge in [0, 0.05) is 30.0 Å². The van der Waals surface area contributed by atoms with Gasteiger partial charge in [-0.05, 0) is 56.7 Å². The summed E-state index contributed by atoms with van der Waals surface area (Å²) in [6.07, 6.45) is 6.16. The summed E-state index contributed by atoms with van der Waals surface area (Å²) in [7, 11) is 1.43. The molecule has 0 bridgehead atoms. The number of ether oxygens (including phenoxy) is 1. The zero-order chi connectivity index (χ0) is 22.9. The van der Waals surface area contributed by atoms with E-state index in [1.165, 1.54) is 12.7 Å². The highest BCUT2D eigenvalue weighted by molar-refractivity contribution is 5.95. The van der Waals surface area contributed by atoms with Crippen molar-refractivity contribution in [1.82, 2.24) is 9.55 Å². The molecule has 1 fully saturated rings. The monoisotopic (exact) mass is 442 g/mol. The minimum absolute atomic E-state index is 0.0861. The lowest BCUT2D eigenvalue weighted by atomic mass is 9.86. The normalized spacial score (nSPS) is 22.6. The van der Waals surface area contributed by atoms with Crippen LogP contribution < -0.4 is 4.90 Å². The average molecular weight is 443 g/mol. The van der Waals surface area contributed by atoms with Gasteiger partial charge >= 0.3 is 6.09 Å². The number of imidazole rings is 1. The second kappa shape index (κ2) is 8.90. The first-order valence-corrected chi connectivity index (χ1v) is 11.9. The van der Waals surface area contributed by atoms with E-state index >= 15 is 0 Å². The lowest BCUT2D eigenvalue weighted by molar-refractivity contribution is 0.175. The maximum Gasteiger partial charge on any atom is 0.414 e. The summed E-state index contributed by atoms with van der Waals surface area (Å²) in [5.74, 6) is 1.13. The number of carbonyl (C=O) groups excluding carboxylic acids is 1. The minimum Gasteiger partial charge on any atom is -0.452 e. The Bertz CT molecular complexity index is 1210. The van der Waals surface area contributed by atoms with Crippen molar-refractivity contribution in [3.63, 3.8) is 0 Å². The van der Waals surface area contributed by atoms with E-state index in [1.807, 2.05) is 6.07 Å². The average Bonchev–Trinajstić information content (AvgIpc) is 3.22. The Morgan fingerprint density at radius 3 is 2.76 bits per heavy atom.